The number of halogens is 4. The minimum Gasteiger partial charge on any atom is -0.318 e. The maximum absolute atomic E-state index is 13.6. The molecule has 1 aromatic heterocycles. The van der Waals surface area contributed by atoms with Crippen molar-refractivity contribution in [1.29, 1.82) is 0 Å². The Bertz CT molecular complexity index is 1020. The van der Waals surface area contributed by atoms with Crippen LogP contribution in [0.1, 0.15) is 25.0 Å². The zero-order valence-electron chi connectivity index (χ0n) is 16.2. The summed E-state index contributed by atoms with van der Waals surface area (Å²) in [6.45, 7) is 3.80. The van der Waals surface area contributed by atoms with Crippen molar-refractivity contribution >= 4 is 23.1 Å². The Kier molecular flexibility index (Phi) is 6.40. The van der Waals surface area contributed by atoms with E-state index in [2.05, 4.69) is 10.3 Å². The summed E-state index contributed by atoms with van der Waals surface area (Å²) in [7, 11) is 0. The molecule has 0 fully saturated rings. The highest BCUT2D eigenvalue weighted by molar-refractivity contribution is 7.13. The molecule has 0 radical (unpaired) electrons. The maximum atomic E-state index is 13.6. The highest BCUT2D eigenvalue weighted by Gasteiger charge is 2.31. The van der Waals surface area contributed by atoms with Gasteiger partial charge in [0.15, 0.2) is 0 Å². The lowest BCUT2D eigenvalue weighted by Crippen LogP contribution is -2.39. The van der Waals surface area contributed by atoms with Gasteiger partial charge in [-0.2, -0.15) is 13.2 Å². The first-order valence-electron chi connectivity index (χ1n) is 9.07. The third-order valence-electron chi connectivity index (χ3n) is 4.32. The van der Waals surface area contributed by atoms with Crippen molar-refractivity contribution < 1.29 is 22.4 Å². The normalized spacial score (nSPS) is 11.6. The summed E-state index contributed by atoms with van der Waals surface area (Å²) in [6.07, 6.45) is -3.01. The lowest BCUT2D eigenvalue weighted by Gasteiger charge is -2.27. The fourth-order valence-electron chi connectivity index (χ4n) is 2.88. The fraction of sp³-hybridized carbons (Fsp3) is 0.238. The van der Waals surface area contributed by atoms with Gasteiger partial charge in [0.2, 0.25) is 0 Å². The highest BCUT2D eigenvalue weighted by atomic mass is 32.1. The number of carbonyl (C=O) groups is 1. The lowest BCUT2D eigenvalue weighted by atomic mass is 10.1. The van der Waals surface area contributed by atoms with E-state index >= 15 is 0 Å². The third-order valence-corrected chi connectivity index (χ3v) is 5.14. The molecule has 1 N–H and O–H groups in total. The van der Waals surface area contributed by atoms with E-state index in [1.54, 1.807) is 20.0 Å². The molecule has 158 valence electrons. The van der Waals surface area contributed by atoms with E-state index in [0.717, 1.165) is 22.2 Å². The van der Waals surface area contributed by atoms with Crippen LogP contribution < -0.4 is 5.32 Å². The first-order chi connectivity index (χ1) is 14.1. The molecule has 0 aliphatic carbocycles. The van der Waals surface area contributed by atoms with Crippen molar-refractivity contribution in [1.82, 2.24) is 9.88 Å². The number of amides is 2. The molecule has 2 aromatic carbocycles. The SMILES string of the molecule is CC(C)N(Cc1cccc(-c2nccs2)c1)C(=O)Nc1cc(F)cc(C(F)(F)F)c1. The standard InChI is InChI=1S/C21H19F4N3OS/c1-13(2)28(12-14-4-3-5-15(8-14)19-26-6-7-30-19)20(29)27-18-10-16(21(23,24)25)9-17(22)11-18/h3-11,13H,12H2,1-2H3,(H,27,29). The largest absolute Gasteiger partial charge is 0.416 e. The number of anilines is 1. The van der Waals surface area contributed by atoms with E-state index in [-0.39, 0.29) is 18.3 Å². The van der Waals surface area contributed by atoms with Crippen LogP contribution in [0.2, 0.25) is 0 Å². The molecule has 0 saturated carbocycles. The van der Waals surface area contributed by atoms with Crippen molar-refractivity contribution in [3.63, 3.8) is 0 Å². The second kappa shape index (κ2) is 8.83. The molecule has 2 amide bonds. The van der Waals surface area contributed by atoms with E-state index in [4.69, 9.17) is 0 Å². The Labute approximate surface area is 175 Å². The quantitative estimate of drug-likeness (QED) is 0.469. The van der Waals surface area contributed by atoms with Gasteiger partial charge in [-0.15, -0.1) is 11.3 Å². The maximum Gasteiger partial charge on any atom is 0.416 e. The molecule has 0 aliphatic rings. The van der Waals surface area contributed by atoms with Crippen LogP contribution >= 0.6 is 11.3 Å². The van der Waals surface area contributed by atoms with Crippen LogP contribution in [-0.2, 0) is 12.7 Å². The van der Waals surface area contributed by atoms with Gasteiger partial charge in [-0.3, -0.25) is 0 Å². The average Bonchev–Trinajstić information content (AvgIpc) is 3.19. The van der Waals surface area contributed by atoms with Gasteiger partial charge in [0.1, 0.15) is 10.8 Å². The summed E-state index contributed by atoms with van der Waals surface area (Å²) in [5.41, 5.74) is 0.327. The first kappa shape index (κ1) is 21.8. The van der Waals surface area contributed by atoms with Gasteiger partial charge in [0, 0.05) is 35.4 Å². The minimum absolute atomic E-state index is 0.226. The van der Waals surface area contributed by atoms with Crippen molar-refractivity contribution in [2.75, 3.05) is 5.32 Å². The van der Waals surface area contributed by atoms with Gasteiger partial charge < -0.3 is 10.2 Å². The van der Waals surface area contributed by atoms with Gasteiger partial charge in [-0.1, -0.05) is 18.2 Å². The summed E-state index contributed by atoms with van der Waals surface area (Å²) >= 11 is 1.49. The Morgan fingerprint density at radius 3 is 2.60 bits per heavy atom. The molecule has 4 nitrogen and oxygen atoms in total. The van der Waals surface area contributed by atoms with E-state index in [1.807, 2.05) is 29.6 Å². The fourth-order valence-corrected chi connectivity index (χ4v) is 3.51. The second-order valence-corrected chi connectivity index (χ2v) is 7.81. The van der Waals surface area contributed by atoms with Gasteiger partial charge >= 0.3 is 12.2 Å². The first-order valence-corrected chi connectivity index (χ1v) is 9.95. The van der Waals surface area contributed by atoms with Crippen molar-refractivity contribution in [2.24, 2.45) is 0 Å². The summed E-state index contributed by atoms with van der Waals surface area (Å²) in [5.74, 6) is -1.08. The van der Waals surface area contributed by atoms with Crippen molar-refractivity contribution in [3.8, 4) is 10.6 Å². The van der Waals surface area contributed by atoms with Gasteiger partial charge in [0.25, 0.3) is 0 Å². The van der Waals surface area contributed by atoms with Crippen LogP contribution in [0.4, 0.5) is 28.0 Å². The average molecular weight is 437 g/mol. The second-order valence-electron chi connectivity index (χ2n) is 6.92. The number of rotatable bonds is 5. The smallest absolute Gasteiger partial charge is 0.318 e. The summed E-state index contributed by atoms with van der Waals surface area (Å²) in [6, 6.07) is 8.61. The molecule has 0 atom stereocenters. The Morgan fingerprint density at radius 1 is 1.20 bits per heavy atom. The Morgan fingerprint density at radius 2 is 1.97 bits per heavy atom. The van der Waals surface area contributed by atoms with Crippen LogP contribution in [0.3, 0.4) is 0 Å². The summed E-state index contributed by atoms with van der Waals surface area (Å²) in [4.78, 5) is 18.5. The zero-order chi connectivity index (χ0) is 21.9. The summed E-state index contributed by atoms with van der Waals surface area (Å²) < 4.78 is 52.4. The molecular formula is C21H19F4N3OS. The molecule has 0 saturated heterocycles. The van der Waals surface area contributed by atoms with Crippen molar-refractivity contribution in [3.05, 3.63) is 71.0 Å². The minimum atomic E-state index is -4.71. The Hall–Kier alpha value is -2.94. The topological polar surface area (TPSA) is 45.2 Å². The molecule has 0 unspecified atom stereocenters. The number of benzene rings is 2. The number of hydrogen-bond acceptors (Lipinski definition) is 3. The summed E-state index contributed by atoms with van der Waals surface area (Å²) in [5, 5.41) is 5.09. The van der Waals surface area contributed by atoms with E-state index < -0.39 is 23.6 Å². The number of nitrogens with one attached hydrogen (secondary N) is 1. The number of hydrogen-bond donors (Lipinski definition) is 1. The molecule has 3 rings (SSSR count). The van der Waals surface area contributed by atoms with Crippen LogP contribution in [0.5, 0.6) is 0 Å². The van der Waals surface area contributed by atoms with Gasteiger partial charge in [-0.25, -0.2) is 14.2 Å². The number of aromatic nitrogens is 1. The third kappa shape index (κ3) is 5.35. The molecule has 0 bridgehead atoms. The monoisotopic (exact) mass is 437 g/mol. The predicted molar refractivity (Wildman–Crippen MR) is 109 cm³/mol. The number of alkyl halides is 3. The van der Waals surface area contributed by atoms with Crippen LogP contribution in [0.15, 0.2) is 54.0 Å². The predicted octanol–water partition coefficient (Wildman–Crippen LogP) is 6.41. The van der Waals surface area contributed by atoms with Crippen molar-refractivity contribution in [2.45, 2.75) is 32.6 Å². The Balaban J connectivity index is 1.80. The highest BCUT2D eigenvalue weighted by Crippen LogP contribution is 2.32. The van der Waals surface area contributed by atoms with Crippen LogP contribution in [0.25, 0.3) is 10.6 Å². The number of carbonyl (C=O) groups excluding carboxylic acids is 1. The molecule has 1 heterocycles. The van der Waals surface area contributed by atoms with E-state index in [0.29, 0.717) is 12.1 Å². The van der Waals surface area contributed by atoms with E-state index in [9.17, 15) is 22.4 Å². The molecule has 3 aromatic rings. The molecule has 9 heteroatoms. The van der Waals surface area contributed by atoms with Gasteiger partial charge in [-0.05, 0) is 43.7 Å². The number of urea groups is 1. The van der Waals surface area contributed by atoms with Crippen LogP contribution in [-0.4, -0.2) is 22.0 Å². The molecule has 30 heavy (non-hydrogen) atoms. The van der Waals surface area contributed by atoms with Gasteiger partial charge in [0.05, 0.1) is 5.56 Å². The lowest BCUT2D eigenvalue weighted by molar-refractivity contribution is -0.137. The molecule has 0 aliphatic heterocycles. The molecular weight excluding hydrogens is 418 g/mol. The molecule has 0 spiro atoms. The zero-order valence-corrected chi connectivity index (χ0v) is 17.0. The number of thiazole rings is 1. The van der Waals surface area contributed by atoms with E-state index in [1.165, 1.54) is 16.2 Å². The van der Waals surface area contributed by atoms with Crippen LogP contribution in [0, 0.1) is 5.82 Å². The number of nitrogens with zero attached hydrogens (tertiary/aromatic N) is 2.